The molecule has 1 aliphatic heterocycles. The van der Waals surface area contributed by atoms with Gasteiger partial charge in [0, 0.05) is 31.3 Å². The zero-order valence-corrected chi connectivity index (χ0v) is 13.6. The molecule has 6 heteroatoms. The Balaban J connectivity index is 0.00000176. The van der Waals surface area contributed by atoms with Crippen LogP contribution in [0.15, 0.2) is 24.3 Å². The van der Waals surface area contributed by atoms with Gasteiger partial charge in [-0.15, -0.1) is 12.4 Å². The lowest BCUT2D eigenvalue weighted by molar-refractivity contribution is -0.384. The van der Waals surface area contributed by atoms with Crippen LogP contribution in [0.1, 0.15) is 31.2 Å². The highest BCUT2D eigenvalue weighted by atomic mass is 35.5. The fourth-order valence-electron chi connectivity index (χ4n) is 3.18. The lowest BCUT2D eigenvalue weighted by Gasteiger charge is -2.30. The molecule has 1 heterocycles. The van der Waals surface area contributed by atoms with Gasteiger partial charge in [-0.05, 0) is 50.3 Å². The molecule has 1 N–H and O–H groups in total. The smallest absolute Gasteiger partial charge is 0.269 e. The molecule has 2 aliphatic rings. The van der Waals surface area contributed by atoms with Crippen molar-refractivity contribution in [2.45, 2.75) is 38.3 Å². The fourth-order valence-corrected chi connectivity index (χ4v) is 3.18. The molecule has 0 bridgehead atoms. The van der Waals surface area contributed by atoms with E-state index in [0.717, 1.165) is 37.7 Å². The summed E-state index contributed by atoms with van der Waals surface area (Å²) >= 11 is 0. The summed E-state index contributed by atoms with van der Waals surface area (Å²) in [6.07, 6.45) is 5.05. The summed E-state index contributed by atoms with van der Waals surface area (Å²) < 4.78 is 0. The first-order chi connectivity index (χ1) is 10.2. The lowest BCUT2D eigenvalue weighted by atomic mass is 9.97. The number of piperidine rings is 1. The summed E-state index contributed by atoms with van der Waals surface area (Å²) in [4.78, 5) is 13.1. The Hall–Kier alpha value is -1.17. The van der Waals surface area contributed by atoms with E-state index in [1.807, 2.05) is 6.07 Å². The predicted octanol–water partition coefficient (Wildman–Crippen LogP) is 2.98. The van der Waals surface area contributed by atoms with Crippen LogP contribution >= 0.6 is 12.4 Å². The Labute approximate surface area is 137 Å². The third-order valence-electron chi connectivity index (χ3n) is 4.52. The zero-order chi connectivity index (χ0) is 14.7. The van der Waals surface area contributed by atoms with Gasteiger partial charge in [0.2, 0.25) is 0 Å². The van der Waals surface area contributed by atoms with Crippen LogP contribution in [0.3, 0.4) is 0 Å². The van der Waals surface area contributed by atoms with Crippen molar-refractivity contribution in [2.75, 3.05) is 19.6 Å². The predicted molar refractivity (Wildman–Crippen MR) is 89.4 cm³/mol. The van der Waals surface area contributed by atoms with Gasteiger partial charge in [-0.2, -0.15) is 0 Å². The minimum absolute atomic E-state index is 0. The van der Waals surface area contributed by atoms with Crippen molar-refractivity contribution in [2.24, 2.45) is 5.92 Å². The number of nitrogens with zero attached hydrogens (tertiary/aromatic N) is 2. The van der Waals surface area contributed by atoms with Gasteiger partial charge in [0.15, 0.2) is 0 Å². The van der Waals surface area contributed by atoms with E-state index in [-0.39, 0.29) is 23.0 Å². The minimum atomic E-state index is -0.308. The van der Waals surface area contributed by atoms with Crippen molar-refractivity contribution in [3.8, 4) is 0 Å². The number of nitro groups is 1. The summed E-state index contributed by atoms with van der Waals surface area (Å²) in [7, 11) is 0. The van der Waals surface area contributed by atoms with Gasteiger partial charge in [-0.1, -0.05) is 12.1 Å². The molecule has 22 heavy (non-hydrogen) atoms. The van der Waals surface area contributed by atoms with Crippen LogP contribution in [-0.2, 0) is 6.54 Å². The van der Waals surface area contributed by atoms with Gasteiger partial charge in [0.05, 0.1) is 4.92 Å². The van der Waals surface area contributed by atoms with E-state index in [1.165, 1.54) is 25.7 Å². The second-order valence-electron chi connectivity index (χ2n) is 6.28. The number of rotatable bonds is 6. The maximum atomic E-state index is 10.9. The zero-order valence-electron chi connectivity index (χ0n) is 12.7. The van der Waals surface area contributed by atoms with Crippen LogP contribution < -0.4 is 5.32 Å². The molecular weight excluding hydrogens is 302 g/mol. The summed E-state index contributed by atoms with van der Waals surface area (Å²) in [5.74, 6) is 0.769. The van der Waals surface area contributed by atoms with Crippen LogP contribution in [-0.4, -0.2) is 35.5 Å². The van der Waals surface area contributed by atoms with E-state index in [1.54, 1.807) is 18.2 Å². The standard InChI is InChI=1S/C16H23N3O2.ClH/c20-19(21)16-3-1-2-14(10-16)12-18(15-4-5-15)11-13-6-8-17-9-7-13;/h1-3,10,13,15,17H,4-9,11-12H2;1H. The second-order valence-corrected chi connectivity index (χ2v) is 6.28. The first kappa shape index (κ1) is 17.2. The van der Waals surface area contributed by atoms with Crippen molar-refractivity contribution in [1.29, 1.82) is 0 Å². The molecule has 0 amide bonds. The number of halogens is 1. The van der Waals surface area contributed by atoms with E-state index in [9.17, 15) is 10.1 Å². The van der Waals surface area contributed by atoms with E-state index in [2.05, 4.69) is 10.2 Å². The minimum Gasteiger partial charge on any atom is -0.317 e. The molecular formula is C16H24ClN3O2. The SMILES string of the molecule is Cl.O=[N+]([O-])c1cccc(CN(CC2CCNCC2)C2CC2)c1. The Bertz CT molecular complexity index is 502. The first-order valence-corrected chi connectivity index (χ1v) is 7.90. The van der Waals surface area contributed by atoms with E-state index < -0.39 is 0 Å². The molecule has 1 aromatic carbocycles. The van der Waals surface area contributed by atoms with Crippen LogP contribution in [0.25, 0.3) is 0 Å². The van der Waals surface area contributed by atoms with Crippen molar-refractivity contribution < 1.29 is 4.92 Å². The first-order valence-electron chi connectivity index (χ1n) is 7.90. The molecule has 0 atom stereocenters. The number of non-ortho nitro benzene ring substituents is 1. The number of hydrogen-bond acceptors (Lipinski definition) is 4. The van der Waals surface area contributed by atoms with E-state index in [0.29, 0.717) is 6.04 Å². The lowest BCUT2D eigenvalue weighted by Crippen LogP contribution is -2.37. The molecule has 0 unspecified atom stereocenters. The Morgan fingerprint density at radius 2 is 1.95 bits per heavy atom. The highest BCUT2D eigenvalue weighted by Gasteiger charge is 2.31. The maximum absolute atomic E-state index is 10.9. The van der Waals surface area contributed by atoms with Gasteiger partial charge in [0.25, 0.3) is 5.69 Å². The largest absolute Gasteiger partial charge is 0.317 e. The third-order valence-corrected chi connectivity index (χ3v) is 4.52. The van der Waals surface area contributed by atoms with Gasteiger partial charge in [0.1, 0.15) is 0 Å². The molecule has 5 nitrogen and oxygen atoms in total. The molecule has 2 fully saturated rings. The molecule has 0 spiro atoms. The average molecular weight is 326 g/mol. The summed E-state index contributed by atoms with van der Waals surface area (Å²) in [5, 5.41) is 14.3. The monoisotopic (exact) mass is 325 g/mol. The highest BCUT2D eigenvalue weighted by molar-refractivity contribution is 5.85. The average Bonchev–Trinajstić information content (AvgIpc) is 3.33. The van der Waals surface area contributed by atoms with Crippen LogP contribution in [0, 0.1) is 16.0 Å². The van der Waals surface area contributed by atoms with Gasteiger partial charge >= 0.3 is 0 Å². The summed E-state index contributed by atoms with van der Waals surface area (Å²) in [6, 6.07) is 7.78. The normalized spacial score (nSPS) is 19.0. The maximum Gasteiger partial charge on any atom is 0.269 e. The van der Waals surface area contributed by atoms with Crippen molar-refractivity contribution in [3.63, 3.8) is 0 Å². The van der Waals surface area contributed by atoms with Crippen LogP contribution in [0.4, 0.5) is 5.69 Å². The van der Waals surface area contributed by atoms with E-state index in [4.69, 9.17) is 0 Å². The molecule has 1 aliphatic carbocycles. The Kier molecular flexibility index (Phi) is 6.17. The quantitative estimate of drug-likeness (QED) is 0.645. The highest BCUT2D eigenvalue weighted by Crippen LogP contribution is 2.30. The number of nitrogens with one attached hydrogen (secondary N) is 1. The Morgan fingerprint density at radius 3 is 2.59 bits per heavy atom. The van der Waals surface area contributed by atoms with Gasteiger partial charge in [-0.25, -0.2) is 0 Å². The molecule has 0 radical (unpaired) electrons. The third kappa shape index (κ3) is 4.66. The Morgan fingerprint density at radius 1 is 1.23 bits per heavy atom. The molecule has 0 aromatic heterocycles. The van der Waals surface area contributed by atoms with E-state index >= 15 is 0 Å². The molecule has 3 rings (SSSR count). The van der Waals surface area contributed by atoms with Crippen molar-refractivity contribution in [3.05, 3.63) is 39.9 Å². The molecule has 122 valence electrons. The summed E-state index contributed by atoms with van der Waals surface area (Å²) in [6.45, 7) is 4.23. The van der Waals surface area contributed by atoms with Crippen LogP contribution in [0.5, 0.6) is 0 Å². The topological polar surface area (TPSA) is 58.4 Å². The van der Waals surface area contributed by atoms with Gasteiger partial charge < -0.3 is 5.32 Å². The molecule has 1 saturated heterocycles. The number of benzene rings is 1. The van der Waals surface area contributed by atoms with Crippen molar-refractivity contribution >= 4 is 18.1 Å². The second kappa shape index (κ2) is 7.90. The van der Waals surface area contributed by atoms with Crippen LogP contribution in [0.2, 0.25) is 0 Å². The summed E-state index contributed by atoms with van der Waals surface area (Å²) in [5.41, 5.74) is 1.26. The fraction of sp³-hybridized carbons (Fsp3) is 0.625. The number of hydrogen-bond donors (Lipinski definition) is 1. The van der Waals surface area contributed by atoms with Crippen molar-refractivity contribution in [1.82, 2.24) is 10.2 Å². The van der Waals surface area contributed by atoms with Gasteiger partial charge in [-0.3, -0.25) is 15.0 Å². The number of nitro benzene ring substituents is 1. The molecule has 1 saturated carbocycles. The molecule has 1 aromatic rings.